The molecule has 0 aromatic heterocycles. The second-order valence-corrected chi connectivity index (χ2v) is 6.23. The molecule has 0 spiro atoms. The van der Waals surface area contributed by atoms with Crippen LogP contribution >= 0.6 is 11.6 Å². The highest BCUT2D eigenvalue weighted by Crippen LogP contribution is 2.31. The Balaban J connectivity index is 1.52. The van der Waals surface area contributed by atoms with Crippen molar-refractivity contribution in [1.82, 2.24) is 5.32 Å². The molecular formula is C19H20ClNO4. The fourth-order valence-electron chi connectivity index (χ4n) is 2.84. The molecule has 0 saturated heterocycles. The normalized spacial score (nSPS) is 15.2. The first-order chi connectivity index (χ1) is 12.1. The summed E-state index contributed by atoms with van der Waals surface area (Å²) < 4.78 is 16.2. The molecule has 0 aliphatic carbocycles. The lowest BCUT2D eigenvalue weighted by molar-refractivity contribution is -0.127. The molecule has 2 aromatic carbocycles. The Kier molecular flexibility index (Phi) is 5.34. The number of nitrogens with one attached hydrogen (secondary N) is 1. The van der Waals surface area contributed by atoms with E-state index in [4.69, 9.17) is 25.8 Å². The lowest BCUT2D eigenvalue weighted by atomic mass is 10.1. The topological polar surface area (TPSA) is 56.8 Å². The van der Waals surface area contributed by atoms with Crippen molar-refractivity contribution in [2.75, 3.05) is 20.8 Å². The Hall–Kier alpha value is -2.40. The average molecular weight is 362 g/mol. The van der Waals surface area contributed by atoms with Gasteiger partial charge >= 0.3 is 0 Å². The summed E-state index contributed by atoms with van der Waals surface area (Å²) in [6, 6.07) is 11.1. The van der Waals surface area contributed by atoms with Gasteiger partial charge in [-0.05, 0) is 47.9 Å². The Labute approximate surface area is 151 Å². The standard InChI is InChI=1S/C19H20ClNO4/c1-23-16-5-3-12(9-17(16)24-2)7-8-21-19(22)18-11-13-10-14(20)4-6-15(13)25-18/h3-6,9-10,18H,7-8,11H2,1-2H3,(H,21,22). The fourth-order valence-corrected chi connectivity index (χ4v) is 3.04. The summed E-state index contributed by atoms with van der Waals surface area (Å²) in [7, 11) is 3.20. The van der Waals surface area contributed by atoms with Crippen molar-refractivity contribution >= 4 is 17.5 Å². The molecule has 132 valence electrons. The molecule has 6 heteroatoms. The number of carbonyl (C=O) groups excluding carboxylic acids is 1. The Morgan fingerprint density at radius 3 is 2.76 bits per heavy atom. The van der Waals surface area contributed by atoms with Gasteiger partial charge in [0.25, 0.3) is 5.91 Å². The van der Waals surface area contributed by atoms with Crippen LogP contribution in [-0.2, 0) is 17.6 Å². The van der Waals surface area contributed by atoms with E-state index in [0.29, 0.717) is 35.9 Å². The van der Waals surface area contributed by atoms with Gasteiger partial charge in [0.15, 0.2) is 17.6 Å². The number of benzene rings is 2. The number of fused-ring (bicyclic) bond motifs is 1. The van der Waals surface area contributed by atoms with Gasteiger partial charge in [-0.2, -0.15) is 0 Å². The van der Waals surface area contributed by atoms with Crippen molar-refractivity contribution in [3.8, 4) is 17.2 Å². The summed E-state index contributed by atoms with van der Waals surface area (Å²) in [5, 5.41) is 3.57. The SMILES string of the molecule is COc1ccc(CCNC(=O)C2Cc3cc(Cl)ccc3O2)cc1OC. The van der Waals surface area contributed by atoms with Crippen molar-refractivity contribution in [2.45, 2.75) is 18.9 Å². The zero-order valence-corrected chi connectivity index (χ0v) is 14.9. The third-order valence-electron chi connectivity index (χ3n) is 4.15. The summed E-state index contributed by atoms with van der Waals surface area (Å²) in [6.45, 7) is 0.519. The maximum Gasteiger partial charge on any atom is 0.261 e. The van der Waals surface area contributed by atoms with Crippen LogP contribution in [0.2, 0.25) is 5.02 Å². The van der Waals surface area contributed by atoms with Gasteiger partial charge in [0.1, 0.15) is 5.75 Å². The van der Waals surface area contributed by atoms with Gasteiger partial charge in [0.2, 0.25) is 0 Å². The van der Waals surface area contributed by atoms with Gasteiger partial charge in [-0.25, -0.2) is 0 Å². The molecule has 5 nitrogen and oxygen atoms in total. The smallest absolute Gasteiger partial charge is 0.261 e. The van der Waals surface area contributed by atoms with Crippen LogP contribution in [0.5, 0.6) is 17.2 Å². The van der Waals surface area contributed by atoms with Gasteiger partial charge in [0.05, 0.1) is 14.2 Å². The number of amides is 1. The van der Waals surface area contributed by atoms with Crippen molar-refractivity contribution < 1.29 is 19.0 Å². The number of methoxy groups -OCH3 is 2. The summed E-state index contributed by atoms with van der Waals surface area (Å²) in [4.78, 5) is 12.3. The molecule has 1 unspecified atom stereocenters. The molecular weight excluding hydrogens is 342 g/mol. The zero-order valence-electron chi connectivity index (χ0n) is 14.2. The molecule has 1 amide bonds. The molecule has 0 radical (unpaired) electrons. The predicted molar refractivity (Wildman–Crippen MR) is 95.8 cm³/mol. The van der Waals surface area contributed by atoms with Crippen molar-refractivity contribution in [3.05, 3.63) is 52.5 Å². The van der Waals surface area contributed by atoms with E-state index in [9.17, 15) is 4.79 Å². The van der Waals surface area contributed by atoms with E-state index in [1.54, 1.807) is 26.4 Å². The van der Waals surface area contributed by atoms with E-state index in [2.05, 4.69) is 5.32 Å². The van der Waals surface area contributed by atoms with Crippen LogP contribution in [0.1, 0.15) is 11.1 Å². The molecule has 1 aliphatic rings. The van der Waals surface area contributed by atoms with Crippen LogP contribution in [0.4, 0.5) is 0 Å². The van der Waals surface area contributed by atoms with Crippen LogP contribution in [-0.4, -0.2) is 32.8 Å². The molecule has 1 aliphatic heterocycles. The third kappa shape index (κ3) is 3.99. The van der Waals surface area contributed by atoms with E-state index in [0.717, 1.165) is 16.9 Å². The highest BCUT2D eigenvalue weighted by Gasteiger charge is 2.28. The second kappa shape index (κ2) is 7.66. The molecule has 2 aromatic rings. The maximum atomic E-state index is 12.3. The number of ether oxygens (including phenoxy) is 3. The van der Waals surface area contributed by atoms with E-state index in [1.165, 1.54) is 0 Å². The minimum absolute atomic E-state index is 0.118. The van der Waals surface area contributed by atoms with Crippen molar-refractivity contribution in [2.24, 2.45) is 0 Å². The molecule has 0 fully saturated rings. The van der Waals surface area contributed by atoms with Crippen LogP contribution in [0.3, 0.4) is 0 Å². The Bertz CT molecular complexity index is 778. The Morgan fingerprint density at radius 1 is 1.20 bits per heavy atom. The molecule has 1 atom stereocenters. The quantitative estimate of drug-likeness (QED) is 0.859. The summed E-state index contributed by atoms with van der Waals surface area (Å²) in [5.41, 5.74) is 2.02. The molecule has 25 heavy (non-hydrogen) atoms. The van der Waals surface area contributed by atoms with Crippen LogP contribution < -0.4 is 19.5 Å². The fraction of sp³-hybridized carbons (Fsp3) is 0.316. The highest BCUT2D eigenvalue weighted by molar-refractivity contribution is 6.30. The first-order valence-electron chi connectivity index (χ1n) is 8.04. The average Bonchev–Trinajstić information content (AvgIpc) is 3.04. The molecule has 1 N–H and O–H groups in total. The van der Waals surface area contributed by atoms with Gasteiger partial charge in [-0.3, -0.25) is 4.79 Å². The molecule has 1 heterocycles. The molecule has 0 saturated carbocycles. The van der Waals surface area contributed by atoms with Crippen LogP contribution in [0, 0.1) is 0 Å². The first kappa shape index (κ1) is 17.4. The van der Waals surface area contributed by atoms with Gasteiger partial charge in [-0.15, -0.1) is 0 Å². The third-order valence-corrected chi connectivity index (χ3v) is 4.39. The summed E-state index contributed by atoms with van der Waals surface area (Å²) in [5.74, 6) is 1.97. The molecule has 3 rings (SSSR count). The number of halogens is 1. The predicted octanol–water partition coefficient (Wildman–Crippen LogP) is 3.02. The van der Waals surface area contributed by atoms with Crippen molar-refractivity contribution in [1.29, 1.82) is 0 Å². The van der Waals surface area contributed by atoms with Gasteiger partial charge in [0, 0.05) is 18.0 Å². The van der Waals surface area contributed by atoms with Gasteiger partial charge in [-0.1, -0.05) is 17.7 Å². The van der Waals surface area contributed by atoms with E-state index >= 15 is 0 Å². The summed E-state index contributed by atoms with van der Waals surface area (Å²) >= 11 is 5.97. The largest absolute Gasteiger partial charge is 0.493 e. The van der Waals surface area contributed by atoms with Gasteiger partial charge < -0.3 is 19.5 Å². The minimum Gasteiger partial charge on any atom is -0.493 e. The van der Waals surface area contributed by atoms with E-state index < -0.39 is 6.10 Å². The lowest BCUT2D eigenvalue weighted by Gasteiger charge is -2.12. The number of rotatable bonds is 6. The highest BCUT2D eigenvalue weighted by atomic mass is 35.5. The lowest BCUT2D eigenvalue weighted by Crippen LogP contribution is -2.38. The van der Waals surface area contributed by atoms with Crippen LogP contribution in [0.15, 0.2) is 36.4 Å². The van der Waals surface area contributed by atoms with Crippen LogP contribution in [0.25, 0.3) is 0 Å². The number of hydrogen-bond donors (Lipinski definition) is 1. The first-order valence-corrected chi connectivity index (χ1v) is 8.42. The maximum absolute atomic E-state index is 12.3. The van der Waals surface area contributed by atoms with E-state index in [-0.39, 0.29) is 5.91 Å². The number of carbonyl (C=O) groups is 1. The number of hydrogen-bond acceptors (Lipinski definition) is 4. The second-order valence-electron chi connectivity index (χ2n) is 5.79. The zero-order chi connectivity index (χ0) is 17.8. The molecule has 0 bridgehead atoms. The van der Waals surface area contributed by atoms with E-state index in [1.807, 2.05) is 24.3 Å². The minimum atomic E-state index is -0.501. The Morgan fingerprint density at radius 2 is 2.00 bits per heavy atom. The summed E-state index contributed by atoms with van der Waals surface area (Å²) in [6.07, 6.45) is 0.731. The monoisotopic (exact) mass is 361 g/mol. The van der Waals surface area contributed by atoms with Crippen molar-refractivity contribution in [3.63, 3.8) is 0 Å².